The molecule has 0 spiro atoms. The summed E-state index contributed by atoms with van der Waals surface area (Å²) in [6.07, 6.45) is 1.52. The summed E-state index contributed by atoms with van der Waals surface area (Å²) in [6, 6.07) is 17.7. The first kappa shape index (κ1) is 25.6. The molecule has 37 heavy (non-hydrogen) atoms. The number of carbonyl (C=O) groups excluding carboxylic acids is 2. The second kappa shape index (κ2) is 11.6. The first-order valence-electron chi connectivity index (χ1n) is 11.3. The van der Waals surface area contributed by atoms with Gasteiger partial charge in [-0.1, -0.05) is 70.2 Å². The molecule has 0 aliphatic carbocycles. The van der Waals surface area contributed by atoms with Crippen LogP contribution in [0.25, 0.3) is 32.5 Å². The third-order valence-corrected chi connectivity index (χ3v) is 8.74. The molecule has 186 valence electrons. The van der Waals surface area contributed by atoms with Crippen molar-refractivity contribution in [3.8, 4) is 22.3 Å². The van der Waals surface area contributed by atoms with E-state index in [0.717, 1.165) is 42.0 Å². The summed E-state index contributed by atoms with van der Waals surface area (Å²) in [7, 11) is 0. The van der Waals surface area contributed by atoms with Crippen molar-refractivity contribution in [2.45, 2.75) is 11.9 Å². The molecule has 6 nitrogen and oxygen atoms in total. The molecular weight excluding hydrogens is 590 g/mol. The quantitative estimate of drug-likeness (QED) is 0.110. The van der Waals surface area contributed by atoms with E-state index in [9.17, 15) is 9.59 Å². The molecule has 0 fully saturated rings. The number of nitrogens with zero attached hydrogens (tertiary/aromatic N) is 2. The van der Waals surface area contributed by atoms with Crippen LogP contribution >= 0.6 is 50.4 Å². The number of thioether (sulfide) groups is 1. The monoisotopic (exact) mass is 609 g/mol. The average Bonchev–Trinajstić information content (AvgIpc) is 3.53. The molecule has 2 aromatic carbocycles. The van der Waals surface area contributed by atoms with Crippen LogP contribution in [0.15, 0.2) is 81.2 Å². The molecule has 0 aliphatic rings. The zero-order valence-corrected chi connectivity index (χ0v) is 23.6. The Morgan fingerprint density at radius 3 is 2.46 bits per heavy atom. The molecule has 0 saturated heterocycles. The number of benzene rings is 2. The van der Waals surface area contributed by atoms with E-state index in [2.05, 4.69) is 36.6 Å². The van der Waals surface area contributed by atoms with Gasteiger partial charge in [-0.25, -0.2) is 14.8 Å². The Balaban J connectivity index is 1.38. The lowest BCUT2D eigenvalue weighted by molar-refractivity contribution is -0.113. The van der Waals surface area contributed by atoms with Crippen molar-refractivity contribution in [1.82, 2.24) is 9.97 Å². The van der Waals surface area contributed by atoms with Crippen LogP contribution in [0.2, 0.25) is 0 Å². The molecule has 3 heterocycles. The molecule has 5 rings (SSSR count). The molecule has 5 aromatic rings. The number of fused-ring (bicyclic) bond motifs is 1. The van der Waals surface area contributed by atoms with Crippen LogP contribution in [-0.4, -0.2) is 34.2 Å². The molecule has 1 N–H and O–H groups in total. The highest BCUT2D eigenvalue weighted by molar-refractivity contribution is 9.10. The van der Waals surface area contributed by atoms with Gasteiger partial charge in [-0.3, -0.25) is 4.79 Å². The van der Waals surface area contributed by atoms with Crippen LogP contribution in [0.3, 0.4) is 0 Å². The number of rotatable bonds is 8. The van der Waals surface area contributed by atoms with Gasteiger partial charge in [0.15, 0.2) is 0 Å². The lowest BCUT2D eigenvalue weighted by atomic mass is 10.0. The molecule has 0 bridgehead atoms. The van der Waals surface area contributed by atoms with E-state index < -0.39 is 5.97 Å². The molecule has 0 unspecified atom stereocenters. The minimum atomic E-state index is -0.458. The van der Waals surface area contributed by atoms with E-state index in [-0.39, 0.29) is 18.3 Å². The van der Waals surface area contributed by atoms with Crippen molar-refractivity contribution in [2.24, 2.45) is 0 Å². The fourth-order valence-corrected chi connectivity index (χ4v) is 6.81. The van der Waals surface area contributed by atoms with Crippen molar-refractivity contribution in [2.75, 3.05) is 17.7 Å². The molecule has 1 amide bonds. The van der Waals surface area contributed by atoms with E-state index in [0.29, 0.717) is 10.6 Å². The van der Waals surface area contributed by atoms with Crippen molar-refractivity contribution < 1.29 is 14.3 Å². The lowest BCUT2D eigenvalue weighted by Crippen LogP contribution is -2.16. The Kier molecular flexibility index (Phi) is 7.99. The summed E-state index contributed by atoms with van der Waals surface area (Å²) >= 11 is 7.68. The SMILES string of the molecule is CCOC(=O)c1c(-c2ccccc2)csc1NC(=O)CSc1ncnc2scc(-c3ccc(Br)cc3)c12. The summed E-state index contributed by atoms with van der Waals surface area (Å²) < 4.78 is 6.30. The maximum absolute atomic E-state index is 13.0. The summed E-state index contributed by atoms with van der Waals surface area (Å²) in [5.74, 6) is -0.563. The minimum absolute atomic E-state index is 0.128. The number of thiophene rings is 2. The number of hydrogen-bond acceptors (Lipinski definition) is 8. The van der Waals surface area contributed by atoms with Crippen molar-refractivity contribution in [3.05, 3.63) is 81.7 Å². The van der Waals surface area contributed by atoms with Crippen LogP contribution in [0.1, 0.15) is 17.3 Å². The van der Waals surface area contributed by atoms with Gasteiger partial charge in [-0.05, 0) is 30.2 Å². The zero-order valence-electron chi connectivity index (χ0n) is 19.6. The molecule has 10 heteroatoms. The number of aromatic nitrogens is 2. The first-order chi connectivity index (χ1) is 18.0. The Morgan fingerprint density at radius 2 is 1.70 bits per heavy atom. The standard InChI is InChI=1S/C27H20BrN3O3S3/c1-2-34-27(33)23-20(16-6-4-3-5-7-16)13-36-26(23)31-21(32)14-37-25-22-19(12-35-24(22)29-15-30-25)17-8-10-18(28)11-9-17/h3-13,15H,2,14H2,1H3,(H,31,32). The largest absolute Gasteiger partial charge is 0.462 e. The second-order valence-corrected chi connectivity index (χ2v) is 11.4. The van der Waals surface area contributed by atoms with Crippen molar-refractivity contribution in [1.29, 1.82) is 0 Å². The predicted molar refractivity (Wildman–Crippen MR) is 156 cm³/mol. The van der Waals surface area contributed by atoms with Gasteiger partial charge in [0.1, 0.15) is 26.7 Å². The van der Waals surface area contributed by atoms with Gasteiger partial charge in [0.25, 0.3) is 0 Å². The number of carbonyl (C=O) groups is 2. The van der Waals surface area contributed by atoms with E-state index in [1.807, 2.05) is 60.0 Å². The van der Waals surface area contributed by atoms with Gasteiger partial charge in [0.05, 0.1) is 17.7 Å². The smallest absolute Gasteiger partial charge is 0.341 e. The van der Waals surface area contributed by atoms with Crippen LogP contribution in [0.5, 0.6) is 0 Å². The average molecular weight is 611 g/mol. The normalized spacial score (nSPS) is 11.0. The predicted octanol–water partition coefficient (Wildman–Crippen LogP) is 7.76. The second-order valence-electron chi connectivity index (χ2n) is 7.79. The van der Waals surface area contributed by atoms with Gasteiger partial charge in [-0.15, -0.1) is 22.7 Å². The van der Waals surface area contributed by atoms with Gasteiger partial charge in [0, 0.05) is 26.4 Å². The van der Waals surface area contributed by atoms with Gasteiger partial charge >= 0.3 is 5.97 Å². The molecule has 0 radical (unpaired) electrons. The Morgan fingerprint density at radius 1 is 0.973 bits per heavy atom. The number of halogens is 1. The fourth-order valence-electron chi connectivity index (χ4n) is 3.78. The molecular formula is C27H20BrN3O3S3. The first-order valence-corrected chi connectivity index (χ1v) is 14.8. The topological polar surface area (TPSA) is 81.2 Å². The highest BCUT2D eigenvalue weighted by Gasteiger charge is 2.23. The summed E-state index contributed by atoms with van der Waals surface area (Å²) in [4.78, 5) is 35.6. The number of ether oxygens (including phenoxy) is 1. The molecule has 0 atom stereocenters. The number of amides is 1. The number of anilines is 1. The summed E-state index contributed by atoms with van der Waals surface area (Å²) in [6.45, 7) is 2.01. The van der Waals surface area contributed by atoms with Gasteiger partial charge in [-0.2, -0.15) is 0 Å². The Hall–Kier alpha value is -3.05. The summed E-state index contributed by atoms with van der Waals surface area (Å²) in [5.41, 5.74) is 4.09. The van der Waals surface area contributed by atoms with E-state index in [4.69, 9.17) is 4.74 Å². The van der Waals surface area contributed by atoms with Crippen LogP contribution in [0, 0.1) is 0 Å². The maximum Gasteiger partial charge on any atom is 0.341 e. The number of hydrogen-bond donors (Lipinski definition) is 1. The fraction of sp³-hybridized carbons (Fsp3) is 0.111. The van der Waals surface area contributed by atoms with Crippen molar-refractivity contribution in [3.63, 3.8) is 0 Å². The Bertz CT molecular complexity index is 1570. The zero-order chi connectivity index (χ0) is 25.8. The third kappa shape index (κ3) is 5.62. The van der Waals surface area contributed by atoms with E-state index >= 15 is 0 Å². The van der Waals surface area contributed by atoms with Gasteiger partial charge < -0.3 is 10.1 Å². The number of esters is 1. The van der Waals surface area contributed by atoms with E-state index in [1.54, 1.807) is 18.3 Å². The van der Waals surface area contributed by atoms with E-state index in [1.165, 1.54) is 29.4 Å². The molecule has 3 aromatic heterocycles. The Labute approximate surface area is 234 Å². The maximum atomic E-state index is 13.0. The van der Waals surface area contributed by atoms with Crippen LogP contribution in [0.4, 0.5) is 5.00 Å². The lowest BCUT2D eigenvalue weighted by Gasteiger charge is -2.09. The van der Waals surface area contributed by atoms with Crippen LogP contribution in [-0.2, 0) is 9.53 Å². The van der Waals surface area contributed by atoms with Crippen LogP contribution < -0.4 is 5.32 Å². The highest BCUT2D eigenvalue weighted by Crippen LogP contribution is 2.39. The van der Waals surface area contributed by atoms with Gasteiger partial charge in [0.2, 0.25) is 5.91 Å². The highest BCUT2D eigenvalue weighted by atomic mass is 79.9. The molecule has 0 saturated carbocycles. The molecule has 0 aliphatic heterocycles. The third-order valence-electron chi connectivity index (χ3n) is 5.44. The summed E-state index contributed by atoms with van der Waals surface area (Å²) in [5, 5.41) is 8.99. The van der Waals surface area contributed by atoms with Crippen molar-refractivity contribution >= 4 is 77.5 Å². The number of nitrogens with one attached hydrogen (secondary N) is 1. The minimum Gasteiger partial charge on any atom is -0.462 e.